The number of carboxylic acids is 1. The van der Waals surface area contributed by atoms with Gasteiger partial charge in [0.2, 0.25) is 0 Å². The van der Waals surface area contributed by atoms with E-state index >= 15 is 0 Å². The first kappa shape index (κ1) is 28.4. The Morgan fingerprint density at radius 2 is 1.74 bits per heavy atom. The molecule has 0 aliphatic rings. The van der Waals surface area contributed by atoms with E-state index in [4.69, 9.17) is 21.1 Å². The summed E-state index contributed by atoms with van der Waals surface area (Å²) in [6.45, 7) is 13.1. The molecule has 0 radical (unpaired) electrons. The van der Waals surface area contributed by atoms with Gasteiger partial charge in [0.15, 0.2) is 10.7 Å². The van der Waals surface area contributed by atoms with Crippen molar-refractivity contribution in [2.45, 2.75) is 65.6 Å². The molecular weight excluding hydrogens is 538 g/mol. The molecule has 3 aromatic heterocycles. The van der Waals surface area contributed by atoms with Gasteiger partial charge in [-0.1, -0.05) is 56.6 Å². The van der Waals surface area contributed by atoms with Crippen LogP contribution in [0.1, 0.15) is 75.4 Å². The quantitative estimate of drug-likeness (QED) is 0.242. The van der Waals surface area contributed by atoms with Crippen LogP contribution in [0.5, 0.6) is 5.75 Å². The van der Waals surface area contributed by atoms with E-state index in [-0.39, 0.29) is 16.4 Å². The van der Waals surface area contributed by atoms with E-state index in [2.05, 4.69) is 10.3 Å². The lowest BCUT2D eigenvalue weighted by Gasteiger charge is -2.25. The Morgan fingerprint density at radius 3 is 2.36 bits per heavy atom. The Labute approximate surface area is 236 Å². The fourth-order valence-corrected chi connectivity index (χ4v) is 5.88. The van der Waals surface area contributed by atoms with Crippen molar-refractivity contribution in [3.8, 4) is 16.3 Å². The second kappa shape index (κ2) is 10.5. The normalized spacial score (nSPS) is 12.8. The molecule has 0 bridgehead atoms. The summed E-state index contributed by atoms with van der Waals surface area (Å²) in [6, 6.07) is 12.8. The van der Waals surface area contributed by atoms with Gasteiger partial charge >= 0.3 is 12.1 Å². The van der Waals surface area contributed by atoms with Crippen LogP contribution in [0.2, 0.25) is 5.02 Å². The fourth-order valence-electron chi connectivity index (χ4n) is 4.26. The van der Waals surface area contributed by atoms with Gasteiger partial charge in [-0.3, -0.25) is 9.72 Å². The smallest absolute Gasteiger partial charge is 0.413 e. The van der Waals surface area contributed by atoms with Crippen molar-refractivity contribution in [1.29, 1.82) is 0 Å². The Morgan fingerprint density at radius 1 is 1.08 bits per heavy atom. The van der Waals surface area contributed by atoms with Gasteiger partial charge in [-0.2, -0.15) is 0 Å². The van der Waals surface area contributed by atoms with Crippen LogP contribution in [0.4, 0.5) is 10.6 Å². The number of aromatic nitrogens is 2. The van der Waals surface area contributed by atoms with E-state index < -0.39 is 29.2 Å². The van der Waals surface area contributed by atoms with Crippen LogP contribution in [-0.4, -0.2) is 32.2 Å². The van der Waals surface area contributed by atoms with Gasteiger partial charge in [-0.25, -0.2) is 14.6 Å². The molecule has 1 amide bonds. The number of hydrogen-bond acceptors (Lipinski definition) is 6. The van der Waals surface area contributed by atoms with Crippen molar-refractivity contribution >= 4 is 46.5 Å². The number of carbonyl (C=O) groups is 2. The number of aromatic carboxylic acids is 1. The van der Waals surface area contributed by atoms with Crippen LogP contribution in [0.25, 0.3) is 16.2 Å². The number of anilines is 1. The molecule has 0 aliphatic carbocycles. The molecule has 1 unspecified atom stereocenters. The van der Waals surface area contributed by atoms with E-state index in [1.54, 1.807) is 26.8 Å². The first-order valence-corrected chi connectivity index (χ1v) is 13.7. The molecular formula is C29H32ClN3O5S. The molecule has 4 aromatic rings. The van der Waals surface area contributed by atoms with Crippen LogP contribution in [0, 0.1) is 0 Å². The first-order valence-electron chi connectivity index (χ1n) is 12.5. The average molecular weight is 570 g/mol. The number of fused-ring (bicyclic) bond motifs is 1. The maximum atomic E-state index is 12.8. The number of imidazole rings is 1. The van der Waals surface area contributed by atoms with Gasteiger partial charge < -0.3 is 14.6 Å². The number of amides is 1. The van der Waals surface area contributed by atoms with Crippen LogP contribution < -0.4 is 10.1 Å². The van der Waals surface area contributed by atoms with Crippen LogP contribution in [0.15, 0.2) is 48.7 Å². The zero-order chi connectivity index (χ0) is 28.7. The molecule has 206 valence electrons. The number of nitrogens with zero attached hydrogens (tertiary/aromatic N) is 2. The summed E-state index contributed by atoms with van der Waals surface area (Å²) < 4.78 is 13.7. The van der Waals surface area contributed by atoms with Crippen LogP contribution in [-0.2, 0) is 10.2 Å². The highest BCUT2D eigenvalue weighted by atomic mass is 35.5. The number of thiophene rings is 1. The lowest BCUT2D eigenvalue weighted by molar-refractivity contribution is 0.0633. The minimum Gasteiger partial charge on any atom is -0.484 e. The Kier molecular flexibility index (Phi) is 7.69. The van der Waals surface area contributed by atoms with Gasteiger partial charge in [-0.05, 0) is 51.3 Å². The predicted octanol–water partition coefficient (Wildman–Crippen LogP) is 8.20. The maximum Gasteiger partial charge on any atom is 0.413 e. The van der Waals surface area contributed by atoms with Crippen LogP contribution in [0.3, 0.4) is 0 Å². The highest BCUT2D eigenvalue weighted by molar-refractivity contribution is 7.18. The number of benzene rings is 1. The van der Waals surface area contributed by atoms with E-state index in [0.29, 0.717) is 26.8 Å². The number of rotatable bonds is 6. The molecule has 2 N–H and O–H groups in total. The van der Waals surface area contributed by atoms with Gasteiger partial charge in [-0.15, -0.1) is 11.3 Å². The van der Waals surface area contributed by atoms with Crippen molar-refractivity contribution in [2.75, 3.05) is 5.32 Å². The van der Waals surface area contributed by atoms with Crippen molar-refractivity contribution in [2.24, 2.45) is 0 Å². The zero-order valence-electron chi connectivity index (χ0n) is 23.0. The molecule has 0 saturated heterocycles. The second-order valence-corrected chi connectivity index (χ2v) is 12.6. The summed E-state index contributed by atoms with van der Waals surface area (Å²) in [5.74, 6) is -0.602. The summed E-state index contributed by atoms with van der Waals surface area (Å²) in [6.07, 6.45) is 0.627. The number of carboxylic acid groups (broad SMARTS) is 1. The van der Waals surface area contributed by atoms with Gasteiger partial charge in [0, 0.05) is 22.3 Å². The topological polar surface area (TPSA) is 102 Å². The van der Waals surface area contributed by atoms with E-state index in [9.17, 15) is 14.7 Å². The molecule has 8 nitrogen and oxygen atoms in total. The highest BCUT2D eigenvalue weighted by Gasteiger charge is 2.35. The van der Waals surface area contributed by atoms with Crippen molar-refractivity contribution < 1.29 is 24.2 Å². The molecule has 10 heteroatoms. The number of pyridine rings is 1. The lowest BCUT2D eigenvalue weighted by atomic mass is 9.85. The molecule has 3 heterocycles. The highest BCUT2D eigenvalue weighted by Crippen LogP contribution is 2.50. The summed E-state index contributed by atoms with van der Waals surface area (Å²) in [5, 5.41) is 13.6. The van der Waals surface area contributed by atoms with E-state index in [1.165, 1.54) is 0 Å². The fraction of sp³-hybridized carbons (Fsp3) is 0.345. The third-order valence-electron chi connectivity index (χ3n) is 5.81. The largest absolute Gasteiger partial charge is 0.484 e. The van der Waals surface area contributed by atoms with Crippen molar-refractivity contribution in [3.05, 3.63) is 69.7 Å². The number of nitrogens with one attached hydrogen (secondary N) is 1. The number of hydrogen-bond donors (Lipinski definition) is 2. The predicted molar refractivity (Wildman–Crippen MR) is 155 cm³/mol. The summed E-state index contributed by atoms with van der Waals surface area (Å²) in [5.41, 5.74) is 1.28. The molecule has 4 rings (SSSR count). The second-order valence-electron chi connectivity index (χ2n) is 11.2. The Hall–Kier alpha value is -3.56. The minimum atomic E-state index is -1.12. The standard InChI is InChI=1S/C29H32ClN3O5S/c1-16(17-12-8-9-13-18(17)30)37-22-20(28(2,3)4)23(39-24(22)26(34)35)21-25(32-27(36)38-29(5,6)7)31-19-14-10-11-15-33(19)21/h8-16H,1-7H3,(H,32,36)(H,34,35). The average Bonchev–Trinajstić information content (AvgIpc) is 3.35. The molecule has 0 saturated carbocycles. The SMILES string of the molecule is CC(Oc1c(C(=O)O)sc(-c2c(NC(=O)OC(C)(C)C)nc3ccccn23)c1C(C)(C)C)c1ccccc1Cl. The molecule has 0 fully saturated rings. The first-order chi connectivity index (χ1) is 18.2. The Bertz CT molecular complexity index is 1540. The van der Waals surface area contributed by atoms with Crippen molar-refractivity contribution in [1.82, 2.24) is 9.38 Å². The van der Waals surface area contributed by atoms with Gasteiger partial charge in [0.05, 0.1) is 4.88 Å². The molecule has 0 aliphatic heterocycles. The number of carbonyl (C=O) groups excluding carboxylic acids is 1. The summed E-state index contributed by atoms with van der Waals surface area (Å²) in [7, 11) is 0. The number of halogens is 1. The minimum absolute atomic E-state index is 0.0444. The van der Waals surface area contributed by atoms with Crippen LogP contribution >= 0.6 is 22.9 Å². The monoisotopic (exact) mass is 569 g/mol. The maximum absolute atomic E-state index is 12.8. The lowest BCUT2D eigenvalue weighted by Crippen LogP contribution is -2.27. The van der Waals surface area contributed by atoms with Crippen molar-refractivity contribution in [3.63, 3.8) is 0 Å². The molecule has 0 spiro atoms. The van der Waals surface area contributed by atoms with E-state index in [0.717, 1.165) is 16.9 Å². The molecule has 1 atom stereocenters. The summed E-state index contributed by atoms with van der Waals surface area (Å²) in [4.78, 5) is 30.6. The molecule has 1 aromatic carbocycles. The van der Waals surface area contributed by atoms with Gasteiger partial charge in [0.1, 0.15) is 28.8 Å². The van der Waals surface area contributed by atoms with Gasteiger partial charge in [0.25, 0.3) is 0 Å². The summed E-state index contributed by atoms with van der Waals surface area (Å²) >= 11 is 7.51. The van der Waals surface area contributed by atoms with E-state index in [1.807, 2.05) is 74.7 Å². The molecule has 39 heavy (non-hydrogen) atoms. The zero-order valence-corrected chi connectivity index (χ0v) is 24.5. The third kappa shape index (κ3) is 6.04. The Balaban J connectivity index is 1.94. The number of ether oxygens (including phenoxy) is 2. The third-order valence-corrected chi connectivity index (χ3v) is 7.32.